The van der Waals surface area contributed by atoms with Crippen molar-refractivity contribution in [3.63, 3.8) is 0 Å². The van der Waals surface area contributed by atoms with Gasteiger partial charge in [0.15, 0.2) is 5.82 Å². The van der Waals surface area contributed by atoms with Gasteiger partial charge in [0.25, 0.3) is 0 Å². The van der Waals surface area contributed by atoms with Crippen molar-refractivity contribution in [2.75, 3.05) is 6.61 Å². The van der Waals surface area contributed by atoms with Gasteiger partial charge in [-0.3, -0.25) is 4.79 Å². The lowest BCUT2D eigenvalue weighted by molar-refractivity contribution is -0.144. The average Bonchev–Trinajstić information content (AvgIpc) is 2.85. The van der Waals surface area contributed by atoms with Crippen molar-refractivity contribution >= 4 is 17.6 Å². The lowest BCUT2D eigenvalue weighted by Crippen LogP contribution is -2.16. The molecule has 0 unspecified atom stereocenters. The number of aromatic nitrogens is 3. The Bertz CT molecular complexity index is 658. The van der Waals surface area contributed by atoms with E-state index in [-0.39, 0.29) is 17.5 Å². The van der Waals surface area contributed by atoms with E-state index < -0.39 is 5.82 Å². The smallest absolute Gasteiger partial charge is 0.327 e. The molecule has 2 rings (SSSR count). The fourth-order valence-electron chi connectivity index (χ4n) is 1.85. The molecule has 0 saturated heterocycles. The molecule has 21 heavy (non-hydrogen) atoms. The Balaban J connectivity index is 2.31. The highest BCUT2D eigenvalue weighted by molar-refractivity contribution is 6.30. The van der Waals surface area contributed by atoms with Crippen LogP contribution in [0.2, 0.25) is 5.02 Å². The molecular weight excluding hydrogens is 297 g/mol. The maximum Gasteiger partial charge on any atom is 0.327 e. The van der Waals surface area contributed by atoms with Gasteiger partial charge >= 0.3 is 5.97 Å². The van der Waals surface area contributed by atoms with Gasteiger partial charge in [-0.25, -0.2) is 14.1 Å². The summed E-state index contributed by atoms with van der Waals surface area (Å²) in [6.45, 7) is 3.93. The van der Waals surface area contributed by atoms with E-state index in [2.05, 4.69) is 10.1 Å². The second kappa shape index (κ2) is 6.67. The molecule has 7 heteroatoms. The van der Waals surface area contributed by atoms with Crippen LogP contribution in [0.5, 0.6) is 0 Å². The molecule has 1 heterocycles. The zero-order valence-electron chi connectivity index (χ0n) is 11.8. The van der Waals surface area contributed by atoms with Crippen molar-refractivity contribution in [2.24, 2.45) is 0 Å². The summed E-state index contributed by atoms with van der Waals surface area (Å²) in [5.41, 5.74) is 0.509. The van der Waals surface area contributed by atoms with E-state index in [0.717, 1.165) is 0 Å². The first-order chi connectivity index (χ1) is 10.0. The number of hydrogen-bond acceptors (Lipinski definition) is 4. The fraction of sp³-hybridized carbons (Fsp3) is 0.357. The first kappa shape index (κ1) is 15.4. The topological polar surface area (TPSA) is 57.0 Å². The number of nitrogens with zero attached hydrogens (tertiary/aromatic N) is 3. The zero-order chi connectivity index (χ0) is 15.4. The first-order valence-corrected chi connectivity index (χ1v) is 6.97. The zero-order valence-corrected chi connectivity index (χ0v) is 12.5. The summed E-state index contributed by atoms with van der Waals surface area (Å²) in [7, 11) is 0. The molecule has 0 bridgehead atoms. The highest BCUT2D eigenvalue weighted by Gasteiger charge is 2.14. The number of carbonyl (C=O) groups excluding carboxylic acids is 1. The third kappa shape index (κ3) is 3.58. The van der Waals surface area contributed by atoms with Crippen molar-refractivity contribution < 1.29 is 13.9 Å². The third-order valence-electron chi connectivity index (χ3n) is 2.83. The SMILES string of the molecule is CCOC(=O)Cn1nc(-c2ccc(Cl)c(F)c2)nc1CC. The maximum atomic E-state index is 13.5. The second-order valence-electron chi connectivity index (χ2n) is 4.30. The third-order valence-corrected chi connectivity index (χ3v) is 3.13. The minimum absolute atomic E-state index is 0.0138. The molecule has 1 aromatic heterocycles. The van der Waals surface area contributed by atoms with Gasteiger partial charge in [0.2, 0.25) is 0 Å². The predicted octanol–water partition coefficient (Wildman–Crippen LogP) is 2.86. The van der Waals surface area contributed by atoms with Gasteiger partial charge in [-0.05, 0) is 25.1 Å². The molecule has 5 nitrogen and oxygen atoms in total. The summed E-state index contributed by atoms with van der Waals surface area (Å²) >= 11 is 5.65. The van der Waals surface area contributed by atoms with E-state index in [4.69, 9.17) is 16.3 Å². The Morgan fingerprint density at radius 3 is 2.81 bits per heavy atom. The van der Waals surface area contributed by atoms with E-state index in [1.165, 1.54) is 16.8 Å². The molecule has 1 aromatic carbocycles. The van der Waals surface area contributed by atoms with Gasteiger partial charge in [-0.15, -0.1) is 0 Å². The molecule has 0 aliphatic rings. The van der Waals surface area contributed by atoms with Crippen molar-refractivity contribution in [3.05, 3.63) is 34.9 Å². The van der Waals surface area contributed by atoms with Gasteiger partial charge in [0.05, 0.1) is 11.6 Å². The molecule has 0 N–H and O–H groups in total. The van der Waals surface area contributed by atoms with Crippen LogP contribution < -0.4 is 0 Å². The number of esters is 1. The van der Waals surface area contributed by atoms with Crippen LogP contribution >= 0.6 is 11.6 Å². The van der Waals surface area contributed by atoms with Crippen LogP contribution in [0, 0.1) is 5.82 Å². The van der Waals surface area contributed by atoms with Gasteiger partial charge in [-0.2, -0.15) is 5.10 Å². The van der Waals surface area contributed by atoms with Crippen LogP contribution in [0.25, 0.3) is 11.4 Å². The minimum Gasteiger partial charge on any atom is -0.465 e. The van der Waals surface area contributed by atoms with E-state index >= 15 is 0 Å². The molecule has 0 aliphatic heterocycles. The molecule has 0 radical (unpaired) electrons. The number of ether oxygens (including phenoxy) is 1. The molecule has 0 atom stereocenters. The Labute approximate surface area is 126 Å². The van der Waals surface area contributed by atoms with Gasteiger partial charge in [-0.1, -0.05) is 18.5 Å². The monoisotopic (exact) mass is 311 g/mol. The number of benzene rings is 1. The number of rotatable bonds is 5. The van der Waals surface area contributed by atoms with Gasteiger partial charge in [0.1, 0.15) is 18.2 Å². The molecule has 0 fully saturated rings. The minimum atomic E-state index is -0.533. The summed E-state index contributed by atoms with van der Waals surface area (Å²) in [6, 6.07) is 4.35. The highest BCUT2D eigenvalue weighted by atomic mass is 35.5. The van der Waals surface area contributed by atoms with Crippen molar-refractivity contribution in [3.8, 4) is 11.4 Å². The summed E-state index contributed by atoms with van der Waals surface area (Å²) in [6.07, 6.45) is 0.600. The van der Waals surface area contributed by atoms with E-state index in [0.29, 0.717) is 30.2 Å². The lowest BCUT2D eigenvalue weighted by atomic mass is 10.2. The van der Waals surface area contributed by atoms with Crippen LogP contribution in [0.1, 0.15) is 19.7 Å². The molecule has 0 saturated carbocycles. The Kier molecular flexibility index (Phi) is 4.90. The van der Waals surface area contributed by atoms with Gasteiger partial charge in [0, 0.05) is 12.0 Å². The summed E-state index contributed by atoms with van der Waals surface area (Å²) in [5, 5.41) is 4.28. The molecule has 0 amide bonds. The number of carbonyl (C=O) groups is 1. The number of hydrogen-bond donors (Lipinski definition) is 0. The lowest BCUT2D eigenvalue weighted by Gasteiger charge is -2.03. The standard InChI is InChI=1S/C14H15ClFN3O2/c1-3-12-17-14(9-5-6-10(15)11(16)7-9)18-19(12)8-13(20)21-4-2/h5-7H,3-4,8H2,1-2H3. The van der Waals surface area contributed by atoms with Crippen LogP contribution in [0.15, 0.2) is 18.2 Å². The maximum absolute atomic E-state index is 13.5. The Morgan fingerprint density at radius 2 is 2.19 bits per heavy atom. The van der Waals surface area contributed by atoms with Crippen LogP contribution in [-0.4, -0.2) is 27.3 Å². The van der Waals surface area contributed by atoms with Crippen molar-refractivity contribution in [1.82, 2.24) is 14.8 Å². The Morgan fingerprint density at radius 1 is 1.43 bits per heavy atom. The van der Waals surface area contributed by atoms with Crippen LogP contribution in [-0.2, 0) is 22.5 Å². The number of halogens is 2. The first-order valence-electron chi connectivity index (χ1n) is 6.59. The van der Waals surface area contributed by atoms with Crippen LogP contribution in [0.4, 0.5) is 4.39 Å². The van der Waals surface area contributed by atoms with E-state index in [1.54, 1.807) is 13.0 Å². The van der Waals surface area contributed by atoms with Crippen molar-refractivity contribution in [1.29, 1.82) is 0 Å². The van der Waals surface area contributed by atoms with E-state index in [1.807, 2.05) is 6.92 Å². The molecule has 2 aromatic rings. The summed E-state index contributed by atoms with van der Waals surface area (Å²) < 4.78 is 19.9. The van der Waals surface area contributed by atoms with Crippen LogP contribution in [0.3, 0.4) is 0 Å². The van der Waals surface area contributed by atoms with Crippen molar-refractivity contribution in [2.45, 2.75) is 26.8 Å². The highest BCUT2D eigenvalue weighted by Crippen LogP contribution is 2.22. The molecule has 0 spiro atoms. The summed E-state index contributed by atoms with van der Waals surface area (Å²) in [5.74, 6) is 0.0695. The average molecular weight is 312 g/mol. The quantitative estimate of drug-likeness (QED) is 0.797. The number of aryl methyl sites for hydroxylation is 1. The summed E-state index contributed by atoms with van der Waals surface area (Å²) in [4.78, 5) is 15.9. The molecular formula is C14H15ClFN3O2. The normalized spacial score (nSPS) is 10.7. The molecule has 112 valence electrons. The second-order valence-corrected chi connectivity index (χ2v) is 4.70. The fourth-order valence-corrected chi connectivity index (χ4v) is 1.97. The van der Waals surface area contributed by atoms with Gasteiger partial charge < -0.3 is 4.74 Å². The van der Waals surface area contributed by atoms with E-state index in [9.17, 15) is 9.18 Å². The predicted molar refractivity (Wildman–Crippen MR) is 76.4 cm³/mol. The molecule has 0 aliphatic carbocycles. The Hall–Kier alpha value is -1.95. The largest absolute Gasteiger partial charge is 0.465 e.